The predicted octanol–water partition coefficient (Wildman–Crippen LogP) is 4.11. The highest BCUT2D eigenvalue weighted by molar-refractivity contribution is 9.10. The molecule has 0 aliphatic heterocycles. The molecule has 0 unspecified atom stereocenters. The number of halogens is 2. The van der Waals surface area contributed by atoms with E-state index in [4.69, 9.17) is 11.6 Å². The van der Waals surface area contributed by atoms with Gasteiger partial charge in [0.05, 0.1) is 0 Å². The Labute approximate surface area is 105 Å². The Balaban J connectivity index is 2.57. The molecule has 0 saturated heterocycles. The van der Waals surface area contributed by atoms with Gasteiger partial charge in [0.2, 0.25) is 0 Å². The molecule has 1 aromatic carbocycles. The van der Waals surface area contributed by atoms with E-state index in [-0.39, 0.29) is 0 Å². The summed E-state index contributed by atoms with van der Waals surface area (Å²) in [6.07, 6.45) is 4.11. The van der Waals surface area contributed by atoms with Gasteiger partial charge in [-0.3, -0.25) is 0 Å². The first-order chi connectivity index (χ1) is 7.09. The molecule has 82 valence electrons. The molecular weight excluding hydrogens is 273 g/mol. The van der Waals surface area contributed by atoms with Gasteiger partial charge in [-0.05, 0) is 17.7 Å². The second-order valence-electron chi connectivity index (χ2n) is 3.63. The fourth-order valence-corrected chi connectivity index (χ4v) is 1.86. The lowest BCUT2D eigenvalue weighted by atomic mass is 10.2. The van der Waals surface area contributed by atoms with Crippen molar-refractivity contribution in [3.05, 3.63) is 39.3 Å². The highest BCUT2D eigenvalue weighted by Crippen LogP contribution is 2.22. The Bertz CT molecular complexity index is 347. The van der Waals surface area contributed by atoms with Crippen molar-refractivity contribution in [2.45, 2.75) is 19.9 Å². The smallest absolute Gasteiger partial charge is 0.0489 e. The average molecular weight is 289 g/mol. The third-order valence-corrected chi connectivity index (χ3v) is 2.72. The Morgan fingerprint density at radius 2 is 2.20 bits per heavy atom. The molecule has 1 rings (SSSR count). The minimum Gasteiger partial charge on any atom is -0.311 e. The Kier molecular flexibility index (Phi) is 5.37. The van der Waals surface area contributed by atoms with Crippen LogP contribution in [0.1, 0.15) is 19.4 Å². The Morgan fingerprint density at radius 1 is 1.47 bits per heavy atom. The van der Waals surface area contributed by atoms with Crippen LogP contribution in [0.15, 0.2) is 28.7 Å². The highest BCUT2D eigenvalue weighted by Gasteiger charge is 1.96. The molecule has 1 N–H and O–H groups in total. The van der Waals surface area contributed by atoms with Gasteiger partial charge in [-0.15, -0.1) is 0 Å². The van der Waals surface area contributed by atoms with Crippen LogP contribution in [0.25, 0.3) is 6.08 Å². The Hall–Kier alpha value is -0.310. The fraction of sp³-hybridized carbons (Fsp3) is 0.333. The molecule has 0 radical (unpaired) electrons. The van der Waals surface area contributed by atoms with E-state index in [0.29, 0.717) is 6.04 Å². The summed E-state index contributed by atoms with van der Waals surface area (Å²) in [6, 6.07) is 6.40. The van der Waals surface area contributed by atoms with Crippen molar-refractivity contribution in [1.29, 1.82) is 0 Å². The molecule has 0 spiro atoms. The van der Waals surface area contributed by atoms with Crippen LogP contribution in [0.5, 0.6) is 0 Å². The number of nitrogens with one attached hydrogen (secondary N) is 1. The molecule has 0 saturated carbocycles. The van der Waals surface area contributed by atoms with Crippen LogP contribution in [-0.4, -0.2) is 12.6 Å². The first-order valence-electron chi connectivity index (χ1n) is 4.94. The van der Waals surface area contributed by atoms with Gasteiger partial charge < -0.3 is 5.32 Å². The maximum Gasteiger partial charge on any atom is 0.0489 e. The molecule has 0 aliphatic rings. The largest absolute Gasteiger partial charge is 0.311 e. The summed E-state index contributed by atoms with van der Waals surface area (Å²) in [7, 11) is 0. The molecule has 15 heavy (non-hydrogen) atoms. The first-order valence-corrected chi connectivity index (χ1v) is 6.11. The molecule has 3 heteroatoms. The molecule has 0 bridgehead atoms. The molecule has 0 amide bonds. The average Bonchev–Trinajstić information content (AvgIpc) is 2.14. The molecule has 1 aromatic rings. The number of benzene rings is 1. The maximum atomic E-state index is 6.07. The van der Waals surface area contributed by atoms with Crippen LogP contribution >= 0.6 is 27.5 Å². The van der Waals surface area contributed by atoms with Crippen LogP contribution in [0.2, 0.25) is 5.02 Å². The van der Waals surface area contributed by atoms with Gasteiger partial charge in [-0.25, -0.2) is 0 Å². The van der Waals surface area contributed by atoms with E-state index in [1.807, 2.05) is 24.3 Å². The van der Waals surface area contributed by atoms with Gasteiger partial charge in [0.25, 0.3) is 0 Å². The van der Waals surface area contributed by atoms with Crippen molar-refractivity contribution in [3.63, 3.8) is 0 Å². The second kappa shape index (κ2) is 6.31. The summed E-state index contributed by atoms with van der Waals surface area (Å²) in [6.45, 7) is 5.12. The Morgan fingerprint density at radius 3 is 2.80 bits per heavy atom. The number of hydrogen-bond acceptors (Lipinski definition) is 1. The quantitative estimate of drug-likeness (QED) is 0.879. The summed E-state index contributed by atoms with van der Waals surface area (Å²) < 4.78 is 1.00. The van der Waals surface area contributed by atoms with Crippen LogP contribution < -0.4 is 5.32 Å². The molecule has 0 aliphatic carbocycles. The minimum atomic E-state index is 0.509. The van der Waals surface area contributed by atoms with Crippen LogP contribution in [0, 0.1) is 0 Å². The zero-order chi connectivity index (χ0) is 11.3. The van der Waals surface area contributed by atoms with E-state index in [0.717, 1.165) is 21.6 Å². The summed E-state index contributed by atoms with van der Waals surface area (Å²) in [5.74, 6) is 0. The zero-order valence-corrected chi connectivity index (χ0v) is 11.3. The summed E-state index contributed by atoms with van der Waals surface area (Å²) in [5.41, 5.74) is 1.05. The molecule has 0 atom stereocenters. The van der Waals surface area contributed by atoms with Gasteiger partial charge in [-0.1, -0.05) is 59.6 Å². The monoisotopic (exact) mass is 287 g/mol. The summed E-state index contributed by atoms with van der Waals surface area (Å²) in [5, 5.41) is 4.08. The van der Waals surface area contributed by atoms with E-state index >= 15 is 0 Å². The highest BCUT2D eigenvalue weighted by atomic mass is 79.9. The van der Waals surface area contributed by atoms with Crippen molar-refractivity contribution in [3.8, 4) is 0 Å². The minimum absolute atomic E-state index is 0.509. The predicted molar refractivity (Wildman–Crippen MR) is 71.3 cm³/mol. The lowest BCUT2D eigenvalue weighted by Gasteiger charge is -2.04. The van der Waals surface area contributed by atoms with E-state index in [1.54, 1.807) is 0 Å². The van der Waals surface area contributed by atoms with Crippen molar-refractivity contribution in [1.82, 2.24) is 5.32 Å². The van der Waals surface area contributed by atoms with Gasteiger partial charge in [0.15, 0.2) is 0 Å². The lowest BCUT2D eigenvalue weighted by Crippen LogP contribution is -2.22. The van der Waals surface area contributed by atoms with Crippen LogP contribution in [0.3, 0.4) is 0 Å². The maximum absolute atomic E-state index is 6.07. The summed E-state index contributed by atoms with van der Waals surface area (Å²) in [4.78, 5) is 0. The van der Waals surface area contributed by atoms with E-state index in [9.17, 15) is 0 Å². The van der Waals surface area contributed by atoms with Crippen LogP contribution in [0.4, 0.5) is 0 Å². The third-order valence-electron chi connectivity index (χ3n) is 1.90. The van der Waals surface area contributed by atoms with Crippen molar-refractivity contribution in [2.24, 2.45) is 0 Å². The second-order valence-corrected chi connectivity index (χ2v) is 4.95. The van der Waals surface area contributed by atoms with Gasteiger partial charge in [0, 0.05) is 22.1 Å². The summed E-state index contributed by atoms with van der Waals surface area (Å²) >= 11 is 9.45. The van der Waals surface area contributed by atoms with E-state index < -0.39 is 0 Å². The zero-order valence-electron chi connectivity index (χ0n) is 8.93. The van der Waals surface area contributed by atoms with E-state index in [1.165, 1.54) is 0 Å². The lowest BCUT2D eigenvalue weighted by molar-refractivity contribution is 0.633. The molecule has 1 nitrogen and oxygen atoms in total. The van der Waals surface area contributed by atoms with E-state index in [2.05, 4.69) is 41.2 Å². The fourth-order valence-electron chi connectivity index (χ4n) is 1.13. The molecule has 0 fully saturated rings. The number of rotatable bonds is 4. The first kappa shape index (κ1) is 12.8. The third kappa shape index (κ3) is 4.83. The van der Waals surface area contributed by atoms with Crippen molar-refractivity contribution < 1.29 is 0 Å². The number of hydrogen-bond donors (Lipinski definition) is 1. The van der Waals surface area contributed by atoms with Crippen molar-refractivity contribution >= 4 is 33.6 Å². The SMILES string of the molecule is CC(C)NC/C=C/c1ccc(Br)cc1Cl. The molecular formula is C12H15BrClN. The normalized spacial score (nSPS) is 11.5. The molecule has 0 heterocycles. The van der Waals surface area contributed by atoms with Crippen molar-refractivity contribution in [2.75, 3.05) is 6.54 Å². The topological polar surface area (TPSA) is 12.0 Å². The van der Waals surface area contributed by atoms with Gasteiger partial charge >= 0.3 is 0 Å². The van der Waals surface area contributed by atoms with Crippen LogP contribution in [-0.2, 0) is 0 Å². The standard InChI is InChI=1S/C12H15BrClN/c1-9(2)15-7-3-4-10-5-6-11(13)8-12(10)14/h3-6,8-9,15H,7H2,1-2H3/b4-3+. The van der Waals surface area contributed by atoms with Gasteiger partial charge in [-0.2, -0.15) is 0 Å². The molecule has 0 aromatic heterocycles. The van der Waals surface area contributed by atoms with Gasteiger partial charge in [0.1, 0.15) is 0 Å².